The predicted octanol–water partition coefficient (Wildman–Crippen LogP) is 3.55. The van der Waals surface area contributed by atoms with E-state index in [1.807, 2.05) is 0 Å². The zero-order valence-corrected chi connectivity index (χ0v) is 15.9. The Bertz CT molecular complexity index is 1100. The van der Waals surface area contributed by atoms with Crippen molar-refractivity contribution in [2.75, 3.05) is 18.4 Å². The van der Waals surface area contributed by atoms with Gasteiger partial charge >= 0.3 is 5.97 Å². The standard InChI is InChI=1S/C20H18FNO5S/c1-3-11-8-13(21)4-7-17(11)28(24,25)22-16-6-5-14-15-9-12(15)10-27-19(14)18(16)20(23)26-2/h3-8,12,15,22H,1,9-10H2,2H3/t12-,15-/m0/s1. The van der Waals surface area contributed by atoms with Gasteiger partial charge in [0.15, 0.2) is 0 Å². The Morgan fingerprint density at radius 3 is 2.86 bits per heavy atom. The van der Waals surface area contributed by atoms with Gasteiger partial charge in [0, 0.05) is 5.92 Å². The highest BCUT2D eigenvalue weighted by molar-refractivity contribution is 7.92. The third-order valence-corrected chi connectivity index (χ3v) is 6.51. The first-order valence-electron chi connectivity index (χ1n) is 8.68. The first kappa shape index (κ1) is 18.5. The third kappa shape index (κ3) is 3.03. The summed E-state index contributed by atoms with van der Waals surface area (Å²) in [4.78, 5) is 12.3. The van der Waals surface area contributed by atoms with Crippen molar-refractivity contribution in [3.05, 3.63) is 59.4 Å². The molecule has 0 radical (unpaired) electrons. The molecular formula is C20H18FNO5S. The molecule has 0 bridgehead atoms. The van der Waals surface area contributed by atoms with Crippen molar-refractivity contribution in [2.24, 2.45) is 5.92 Å². The summed E-state index contributed by atoms with van der Waals surface area (Å²) in [7, 11) is -2.90. The molecule has 2 aromatic rings. The van der Waals surface area contributed by atoms with E-state index in [9.17, 15) is 17.6 Å². The molecule has 4 rings (SSSR count). The lowest BCUT2D eigenvalue weighted by molar-refractivity contribution is 0.0596. The van der Waals surface area contributed by atoms with Crippen LogP contribution < -0.4 is 9.46 Å². The Morgan fingerprint density at radius 1 is 1.36 bits per heavy atom. The van der Waals surface area contributed by atoms with Crippen molar-refractivity contribution in [1.82, 2.24) is 0 Å². The van der Waals surface area contributed by atoms with Crippen molar-refractivity contribution >= 4 is 27.8 Å². The number of hydrogen-bond donors (Lipinski definition) is 1. The quantitative estimate of drug-likeness (QED) is 0.772. The van der Waals surface area contributed by atoms with Gasteiger partial charge in [-0.15, -0.1) is 0 Å². The van der Waals surface area contributed by atoms with E-state index in [1.54, 1.807) is 6.07 Å². The van der Waals surface area contributed by atoms with E-state index >= 15 is 0 Å². The number of fused-ring (bicyclic) bond motifs is 3. The van der Waals surface area contributed by atoms with Crippen LogP contribution in [0.3, 0.4) is 0 Å². The minimum atomic E-state index is -4.12. The molecule has 146 valence electrons. The van der Waals surface area contributed by atoms with E-state index in [0.29, 0.717) is 24.2 Å². The van der Waals surface area contributed by atoms with Crippen LogP contribution in [-0.2, 0) is 14.8 Å². The van der Waals surface area contributed by atoms with Crippen LogP contribution in [0.2, 0.25) is 0 Å². The Balaban J connectivity index is 1.80. The van der Waals surface area contributed by atoms with Gasteiger partial charge in [-0.25, -0.2) is 17.6 Å². The van der Waals surface area contributed by atoms with E-state index < -0.39 is 21.8 Å². The van der Waals surface area contributed by atoms with Crippen LogP contribution >= 0.6 is 0 Å². The minimum absolute atomic E-state index is 0.0381. The zero-order chi connectivity index (χ0) is 20.1. The number of nitrogens with one attached hydrogen (secondary N) is 1. The van der Waals surface area contributed by atoms with Crippen LogP contribution in [0, 0.1) is 11.7 Å². The summed E-state index contributed by atoms with van der Waals surface area (Å²) >= 11 is 0. The number of ether oxygens (including phenoxy) is 2. The van der Waals surface area contributed by atoms with E-state index in [0.717, 1.165) is 30.2 Å². The molecule has 1 aliphatic heterocycles. The Hall–Kier alpha value is -2.87. The molecule has 6 nitrogen and oxygen atoms in total. The molecule has 2 aliphatic rings. The second-order valence-electron chi connectivity index (χ2n) is 6.80. The first-order chi connectivity index (χ1) is 13.4. The molecule has 2 aromatic carbocycles. The fraction of sp³-hybridized carbons (Fsp3) is 0.250. The largest absolute Gasteiger partial charge is 0.492 e. The molecule has 0 amide bonds. The Kier molecular flexibility index (Phi) is 4.38. The number of rotatable bonds is 5. The van der Waals surface area contributed by atoms with Gasteiger partial charge in [-0.1, -0.05) is 18.7 Å². The highest BCUT2D eigenvalue weighted by Crippen LogP contribution is 2.55. The smallest absolute Gasteiger partial charge is 0.343 e. The van der Waals surface area contributed by atoms with Crippen molar-refractivity contribution < 1.29 is 27.1 Å². The lowest BCUT2D eigenvalue weighted by Crippen LogP contribution is -2.20. The number of benzene rings is 2. The summed E-state index contributed by atoms with van der Waals surface area (Å²) in [6, 6.07) is 6.57. The Morgan fingerprint density at radius 2 is 2.14 bits per heavy atom. The second kappa shape index (κ2) is 6.63. The van der Waals surface area contributed by atoms with Gasteiger partial charge in [0.1, 0.15) is 17.1 Å². The lowest BCUT2D eigenvalue weighted by atomic mass is 10.0. The summed E-state index contributed by atoms with van der Waals surface area (Å²) in [6.07, 6.45) is 2.24. The molecule has 0 saturated heterocycles. The first-order valence-corrected chi connectivity index (χ1v) is 10.2. The van der Waals surface area contributed by atoms with Gasteiger partial charge in [-0.3, -0.25) is 4.72 Å². The molecule has 1 heterocycles. The van der Waals surface area contributed by atoms with E-state index in [4.69, 9.17) is 9.47 Å². The minimum Gasteiger partial charge on any atom is -0.492 e. The number of esters is 1. The second-order valence-corrected chi connectivity index (χ2v) is 8.45. The van der Waals surface area contributed by atoms with Crippen molar-refractivity contribution in [2.45, 2.75) is 17.2 Å². The van der Waals surface area contributed by atoms with Crippen molar-refractivity contribution in [3.8, 4) is 5.75 Å². The van der Waals surface area contributed by atoms with E-state index in [1.165, 1.54) is 19.3 Å². The molecule has 1 aliphatic carbocycles. The Labute approximate surface area is 162 Å². The lowest BCUT2D eigenvalue weighted by Gasteiger charge is -2.22. The van der Waals surface area contributed by atoms with Crippen LogP contribution in [0.15, 0.2) is 41.8 Å². The summed E-state index contributed by atoms with van der Waals surface area (Å²) in [6.45, 7) is 4.01. The molecular weight excluding hydrogens is 385 g/mol. The highest BCUT2D eigenvalue weighted by atomic mass is 32.2. The average molecular weight is 403 g/mol. The number of anilines is 1. The predicted molar refractivity (Wildman–Crippen MR) is 101 cm³/mol. The molecule has 2 atom stereocenters. The van der Waals surface area contributed by atoms with Crippen molar-refractivity contribution in [3.63, 3.8) is 0 Å². The molecule has 1 saturated carbocycles. The van der Waals surface area contributed by atoms with Gasteiger partial charge < -0.3 is 9.47 Å². The summed E-state index contributed by atoms with van der Waals surface area (Å²) < 4.78 is 52.3. The van der Waals surface area contributed by atoms with Crippen molar-refractivity contribution in [1.29, 1.82) is 0 Å². The SMILES string of the molecule is C=Cc1cc(F)ccc1S(=O)(=O)Nc1ccc2c(c1C(=O)OC)OC[C@@H]1C[C@H]21. The fourth-order valence-electron chi connectivity index (χ4n) is 3.56. The van der Waals surface area contributed by atoms with Crippen LogP contribution in [0.4, 0.5) is 10.1 Å². The summed E-state index contributed by atoms with van der Waals surface area (Å²) in [5.74, 6) is -0.159. The van der Waals surface area contributed by atoms with Crippen LogP contribution in [0.25, 0.3) is 6.08 Å². The third-order valence-electron chi connectivity index (χ3n) is 5.07. The normalized spacial score (nSPS) is 19.6. The van der Waals surface area contributed by atoms with Gasteiger partial charge in [0.2, 0.25) is 0 Å². The van der Waals surface area contributed by atoms with Crippen LogP contribution in [0.1, 0.15) is 33.8 Å². The number of hydrogen-bond acceptors (Lipinski definition) is 5. The highest BCUT2D eigenvalue weighted by Gasteiger charge is 2.45. The maximum Gasteiger partial charge on any atom is 0.343 e. The summed E-state index contributed by atoms with van der Waals surface area (Å²) in [5, 5.41) is 0. The number of halogens is 1. The number of carbonyl (C=O) groups is 1. The molecule has 0 aromatic heterocycles. The van der Waals surface area contributed by atoms with Gasteiger partial charge in [-0.2, -0.15) is 0 Å². The molecule has 0 spiro atoms. The summed E-state index contributed by atoms with van der Waals surface area (Å²) in [5.41, 5.74) is 1.08. The average Bonchev–Trinajstić information content (AvgIpc) is 3.46. The fourth-order valence-corrected chi connectivity index (χ4v) is 4.83. The number of carbonyl (C=O) groups excluding carboxylic acids is 1. The monoisotopic (exact) mass is 403 g/mol. The molecule has 8 heteroatoms. The van der Waals surface area contributed by atoms with Gasteiger partial charge in [-0.05, 0) is 47.7 Å². The maximum atomic E-state index is 13.5. The topological polar surface area (TPSA) is 81.7 Å². The van der Waals surface area contributed by atoms with Crippen LogP contribution in [-0.4, -0.2) is 28.1 Å². The molecule has 1 N–H and O–H groups in total. The van der Waals surface area contributed by atoms with E-state index in [2.05, 4.69) is 11.3 Å². The van der Waals surface area contributed by atoms with Gasteiger partial charge in [0.25, 0.3) is 10.0 Å². The molecule has 0 unspecified atom stereocenters. The zero-order valence-electron chi connectivity index (χ0n) is 15.1. The molecule has 1 fully saturated rings. The van der Waals surface area contributed by atoms with Gasteiger partial charge in [0.05, 0.1) is 24.3 Å². The number of methoxy groups -OCH3 is 1. The number of sulfonamides is 1. The maximum absolute atomic E-state index is 13.5. The molecule has 28 heavy (non-hydrogen) atoms. The van der Waals surface area contributed by atoms with Crippen LogP contribution in [0.5, 0.6) is 5.75 Å². The van der Waals surface area contributed by atoms with E-state index in [-0.39, 0.29) is 21.7 Å².